The van der Waals surface area contributed by atoms with E-state index >= 15 is 0 Å². The Morgan fingerprint density at radius 3 is 2.54 bits per heavy atom. The topological polar surface area (TPSA) is 108 Å². The fourth-order valence-corrected chi connectivity index (χ4v) is 2.49. The molecule has 0 fully saturated rings. The third-order valence-corrected chi connectivity index (χ3v) is 3.71. The Bertz CT molecular complexity index is 872. The van der Waals surface area contributed by atoms with Crippen LogP contribution in [-0.4, -0.2) is 33.8 Å². The molecule has 136 valence electrons. The highest BCUT2D eigenvalue weighted by atomic mass is 35.5. The minimum atomic E-state index is -1.25. The van der Waals surface area contributed by atoms with Crippen LogP contribution in [0.3, 0.4) is 0 Å². The maximum Gasteiger partial charge on any atom is 0.339 e. The molecule has 7 nitrogen and oxygen atoms in total. The molecule has 0 unspecified atom stereocenters. The summed E-state index contributed by atoms with van der Waals surface area (Å²) < 4.78 is 5.30. The van der Waals surface area contributed by atoms with Gasteiger partial charge in [-0.25, -0.2) is 4.79 Å². The van der Waals surface area contributed by atoms with Crippen molar-refractivity contribution in [2.45, 2.75) is 6.92 Å². The lowest BCUT2D eigenvalue weighted by atomic mass is 10.2. The molecule has 26 heavy (non-hydrogen) atoms. The van der Waals surface area contributed by atoms with Gasteiger partial charge < -0.3 is 20.3 Å². The second kappa shape index (κ2) is 8.50. The number of hydrogen-bond donors (Lipinski definition) is 4. The van der Waals surface area contributed by atoms with Gasteiger partial charge in [0, 0.05) is 17.3 Å². The molecular weight excluding hydrogens is 380 g/mol. The van der Waals surface area contributed by atoms with Crippen LogP contribution in [-0.2, 0) is 0 Å². The van der Waals surface area contributed by atoms with Gasteiger partial charge >= 0.3 is 5.97 Å². The molecule has 9 heteroatoms. The number of aromatic hydroxyl groups is 1. The van der Waals surface area contributed by atoms with Gasteiger partial charge in [0.25, 0.3) is 5.91 Å². The van der Waals surface area contributed by atoms with E-state index in [1.54, 1.807) is 12.1 Å². The Balaban J connectivity index is 2.03. The van der Waals surface area contributed by atoms with Crippen molar-refractivity contribution >= 4 is 46.5 Å². The predicted molar refractivity (Wildman–Crippen MR) is 101 cm³/mol. The average Bonchev–Trinajstić information content (AvgIpc) is 2.56. The molecule has 0 heterocycles. The van der Waals surface area contributed by atoms with E-state index in [9.17, 15) is 14.7 Å². The zero-order valence-corrected chi connectivity index (χ0v) is 15.1. The summed E-state index contributed by atoms with van der Waals surface area (Å²) in [5.41, 5.74) is 0.365. The number of carbonyl (C=O) groups excluding carboxylic acids is 1. The highest BCUT2D eigenvalue weighted by Crippen LogP contribution is 2.25. The fraction of sp³-hybridized carbons (Fsp3) is 0.118. The summed E-state index contributed by atoms with van der Waals surface area (Å²) in [5, 5.41) is 24.0. The number of hydrogen-bond acceptors (Lipinski definition) is 5. The molecule has 2 rings (SSSR count). The zero-order chi connectivity index (χ0) is 19.3. The molecule has 0 bridgehead atoms. The number of carbonyl (C=O) groups is 2. The third-order valence-electron chi connectivity index (χ3n) is 3.21. The number of benzene rings is 2. The standard InChI is InChI=1S/C17H15ClN2O5S/c1-2-25-14-6-3-9(7-12(14)18)15(22)20-17(26)19-10-4-5-11(16(23)24)13(21)8-10/h3-8,21H,2H2,1H3,(H,23,24)(H2,19,20,22,26). The van der Waals surface area contributed by atoms with Gasteiger partial charge in [0.1, 0.15) is 17.1 Å². The summed E-state index contributed by atoms with van der Waals surface area (Å²) in [6, 6.07) is 8.40. The van der Waals surface area contributed by atoms with Gasteiger partial charge in [0.2, 0.25) is 0 Å². The van der Waals surface area contributed by atoms with Crippen LogP contribution < -0.4 is 15.4 Å². The zero-order valence-electron chi connectivity index (χ0n) is 13.6. The van der Waals surface area contributed by atoms with Gasteiger partial charge in [-0.3, -0.25) is 10.1 Å². The van der Waals surface area contributed by atoms with E-state index in [1.165, 1.54) is 24.3 Å². The molecule has 0 aliphatic heterocycles. The minimum Gasteiger partial charge on any atom is -0.507 e. The van der Waals surface area contributed by atoms with Crippen molar-refractivity contribution in [3.05, 3.63) is 52.5 Å². The van der Waals surface area contributed by atoms with Crippen LogP contribution in [0.15, 0.2) is 36.4 Å². The smallest absolute Gasteiger partial charge is 0.339 e. The molecule has 0 aromatic heterocycles. The summed E-state index contributed by atoms with van der Waals surface area (Å²) in [4.78, 5) is 23.1. The van der Waals surface area contributed by atoms with Crippen LogP contribution in [0.5, 0.6) is 11.5 Å². The van der Waals surface area contributed by atoms with Crippen molar-refractivity contribution in [1.82, 2.24) is 5.32 Å². The number of thiocarbonyl (C=S) groups is 1. The quantitative estimate of drug-likeness (QED) is 0.576. The van der Waals surface area contributed by atoms with Crippen molar-refractivity contribution in [3.63, 3.8) is 0 Å². The van der Waals surface area contributed by atoms with Crippen LogP contribution in [0.1, 0.15) is 27.6 Å². The molecule has 0 radical (unpaired) electrons. The van der Waals surface area contributed by atoms with Crippen molar-refractivity contribution in [2.75, 3.05) is 11.9 Å². The molecule has 2 aromatic carbocycles. The molecule has 0 spiro atoms. The monoisotopic (exact) mass is 394 g/mol. The number of carboxylic acids is 1. The van der Waals surface area contributed by atoms with Crippen molar-refractivity contribution in [3.8, 4) is 11.5 Å². The minimum absolute atomic E-state index is 0.0255. The van der Waals surface area contributed by atoms with Gasteiger partial charge in [-0.2, -0.15) is 0 Å². The predicted octanol–water partition coefficient (Wildman–Crippen LogP) is 3.27. The number of nitrogens with one attached hydrogen (secondary N) is 2. The van der Waals surface area contributed by atoms with E-state index in [-0.39, 0.29) is 16.2 Å². The fourth-order valence-electron chi connectivity index (χ4n) is 2.04. The maximum atomic E-state index is 12.2. The van der Waals surface area contributed by atoms with Crippen molar-refractivity contribution in [1.29, 1.82) is 0 Å². The number of amides is 1. The first-order chi connectivity index (χ1) is 12.3. The lowest BCUT2D eigenvalue weighted by Crippen LogP contribution is -2.34. The lowest BCUT2D eigenvalue weighted by Gasteiger charge is -2.11. The number of ether oxygens (including phenoxy) is 1. The number of phenols is 1. The van der Waals surface area contributed by atoms with Gasteiger partial charge in [-0.1, -0.05) is 11.6 Å². The highest BCUT2D eigenvalue weighted by Gasteiger charge is 2.13. The lowest BCUT2D eigenvalue weighted by molar-refractivity contribution is 0.0693. The van der Waals surface area contributed by atoms with Crippen LogP contribution in [0.4, 0.5) is 5.69 Å². The normalized spacial score (nSPS) is 10.1. The first-order valence-corrected chi connectivity index (χ1v) is 8.21. The van der Waals surface area contributed by atoms with E-state index in [1.807, 2.05) is 6.92 Å². The number of halogens is 1. The SMILES string of the molecule is CCOc1ccc(C(=O)NC(=S)Nc2ccc(C(=O)O)c(O)c2)cc1Cl. The van der Waals surface area contributed by atoms with E-state index in [0.717, 1.165) is 0 Å². The second-order valence-electron chi connectivity index (χ2n) is 5.02. The van der Waals surface area contributed by atoms with Crippen molar-refractivity contribution < 1.29 is 24.5 Å². The van der Waals surface area contributed by atoms with E-state index in [2.05, 4.69) is 10.6 Å². The largest absolute Gasteiger partial charge is 0.507 e. The molecule has 2 aromatic rings. The number of aromatic carboxylic acids is 1. The highest BCUT2D eigenvalue weighted by molar-refractivity contribution is 7.80. The van der Waals surface area contributed by atoms with Crippen LogP contribution in [0.25, 0.3) is 0 Å². The summed E-state index contributed by atoms with van der Waals surface area (Å²) in [6.45, 7) is 2.27. The Morgan fingerprint density at radius 2 is 1.96 bits per heavy atom. The molecule has 4 N–H and O–H groups in total. The molecule has 0 aliphatic carbocycles. The van der Waals surface area contributed by atoms with Crippen molar-refractivity contribution in [2.24, 2.45) is 0 Å². The molecule has 0 saturated heterocycles. The molecule has 0 saturated carbocycles. The Morgan fingerprint density at radius 1 is 1.23 bits per heavy atom. The summed E-state index contributed by atoms with van der Waals surface area (Å²) >= 11 is 11.1. The average molecular weight is 395 g/mol. The summed E-state index contributed by atoms with van der Waals surface area (Å²) in [5.74, 6) is -1.69. The molecule has 0 atom stereocenters. The number of carboxylic acid groups (broad SMARTS) is 1. The molecule has 0 aliphatic rings. The number of anilines is 1. The second-order valence-corrected chi connectivity index (χ2v) is 5.84. The third kappa shape index (κ3) is 4.84. The van der Waals surface area contributed by atoms with Gasteiger partial charge in [-0.05, 0) is 49.5 Å². The van der Waals surface area contributed by atoms with Crippen LogP contribution in [0.2, 0.25) is 5.02 Å². The van der Waals surface area contributed by atoms with Gasteiger partial charge in [0.05, 0.1) is 11.6 Å². The summed E-state index contributed by atoms with van der Waals surface area (Å²) in [6.07, 6.45) is 0. The Labute approximate surface area is 159 Å². The van der Waals surface area contributed by atoms with E-state index in [4.69, 9.17) is 33.7 Å². The van der Waals surface area contributed by atoms with Crippen LogP contribution in [0, 0.1) is 0 Å². The van der Waals surface area contributed by atoms with E-state index < -0.39 is 17.6 Å². The van der Waals surface area contributed by atoms with Crippen LogP contribution >= 0.6 is 23.8 Å². The Hall–Kier alpha value is -2.84. The molecule has 1 amide bonds. The first-order valence-electron chi connectivity index (χ1n) is 7.42. The Kier molecular flexibility index (Phi) is 6.37. The van der Waals surface area contributed by atoms with E-state index in [0.29, 0.717) is 23.1 Å². The van der Waals surface area contributed by atoms with Gasteiger partial charge in [0.15, 0.2) is 5.11 Å². The van der Waals surface area contributed by atoms with Gasteiger partial charge in [-0.15, -0.1) is 0 Å². The number of rotatable bonds is 5. The first kappa shape index (κ1) is 19.5. The maximum absolute atomic E-state index is 12.2. The summed E-state index contributed by atoms with van der Waals surface area (Å²) in [7, 11) is 0. The molecular formula is C17H15ClN2O5S.